The molecule has 1 aliphatic heterocycles. The summed E-state index contributed by atoms with van der Waals surface area (Å²) >= 11 is 0. The predicted molar refractivity (Wildman–Crippen MR) is 165 cm³/mol. The number of imide groups is 1. The van der Waals surface area contributed by atoms with Gasteiger partial charge in [-0.05, 0) is 79.2 Å². The molecule has 3 atom stereocenters. The van der Waals surface area contributed by atoms with Gasteiger partial charge in [0.15, 0.2) is 0 Å². The van der Waals surface area contributed by atoms with Crippen molar-refractivity contribution < 1.29 is 28.9 Å². The number of aliphatic hydroxyl groups is 1. The monoisotopic (exact) mass is 619 g/mol. The molecule has 0 radical (unpaired) electrons. The number of anilines is 1. The molecule has 1 N–H and O–H groups in total. The lowest BCUT2D eigenvalue weighted by atomic mass is 10.1. The highest BCUT2D eigenvalue weighted by molar-refractivity contribution is 5.88. The summed E-state index contributed by atoms with van der Waals surface area (Å²) in [7, 11) is 0. The molecule has 240 valence electrons. The van der Waals surface area contributed by atoms with Crippen LogP contribution in [0.4, 0.5) is 15.4 Å². The lowest BCUT2D eigenvalue weighted by Gasteiger charge is -2.29. The van der Waals surface area contributed by atoms with Crippen LogP contribution < -0.4 is 9.64 Å². The largest absolute Gasteiger partial charge is 0.489 e. The molecule has 13 heteroatoms. The molecule has 4 heterocycles. The highest BCUT2D eigenvalue weighted by Crippen LogP contribution is 2.52. The molecule has 45 heavy (non-hydrogen) atoms. The maximum Gasteiger partial charge on any atom is 0.419 e. The smallest absolute Gasteiger partial charge is 0.419 e. The standard InChI is InChI=1S/C32H41N7O6/c1-30(2,3)44-28(40)38(29(41)45-31(4,5)6)17-24-22-15-37(16-23(22)24)26-13-34-25(12-35-26)21-9-20(43-18-32(7,8)42)14-39-27(21)19(10-33)11-36-39/h9,11-14,22-24,42H,15-18H2,1-8H3/t22-,23+,24?. The summed E-state index contributed by atoms with van der Waals surface area (Å²) in [5.74, 6) is 1.89. The number of nitrogens with zero attached hydrogens (tertiary/aromatic N) is 7. The van der Waals surface area contributed by atoms with Crippen molar-refractivity contribution >= 4 is 23.5 Å². The number of carbonyl (C=O) groups excluding carboxylic acids is 2. The zero-order valence-corrected chi connectivity index (χ0v) is 27.1. The quantitative estimate of drug-likeness (QED) is 0.392. The molecule has 2 amide bonds. The van der Waals surface area contributed by atoms with Gasteiger partial charge in [-0.2, -0.15) is 10.4 Å². The van der Waals surface area contributed by atoms with Crippen LogP contribution in [0.15, 0.2) is 30.9 Å². The number of carbonyl (C=O) groups is 2. The highest BCUT2D eigenvalue weighted by atomic mass is 16.6. The van der Waals surface area contributed by atoms with Gasteiger partial charge in [-0.1, -0.05) is 0 Å². The second-order valence-corrected chi connectivity index (χ2v) is 14.4. The third-order valence-electron chi connectivity index (χ3n) is 7.53. The van der Waals surface area contributed by atoms with Gasteiger partial charge in [-0.15, -0.1) is 0 Å². The van der Waals surface area contributed by atoms with Gasteiger partial charge in [-0.3, -0.25) is 4.98 Å². The summed E-state index contributed by atoms with van der Waals surface area (Å²) in [5.41, 5.74) is -0.376. The van der Waals surface area contributed by atoms with E-state index in [0.717, 1.165) is 4.90 Å². The SMILES string of the molecule is CC(C)(O)COc1cc(-c2cnc(N3C[C@@H]4C(CN(C(=O)OC(C)(C)C)C(=O)OC(C)(C)C)[C@@H]4C3)cn2)c2c(C#N)cnn2c1. The Morgan fingerprint density at radius 1 is 1.00 bits per heavy atom. The van der Waals surface area contributed by atoms with Gasteiger partial charge in [0.2, 0.25) is 0 Å². The van der Waals surface area contributed by atoms with E-state index in [1.54, 1.807) is 84.6 Å². The summed E-state index contributed by atoms with van der Waals surface area (Å²) in [6.45, 7) is 15.6. The molecule has 1 saturated carbocycles. The van der Waals surface area contributed by atoms with Crippen molar-refractivity contribution in [3.8, 4) is 23.1 Å². The third-order valence-corrected chi connectivity index (χ3v) is 7.53. The Morgan fingerprint density at radius 2 is 1.62 bits per heavy atom. The molecule has 1 saturated heterocycles. The van der Waals surface area contributed by atoms with Crippen LogP contribution in [0.3, 0.4) is 0 Å². The van der Waals surface area contributed by atoms with Gasteiger partial charge in [0.05, 0.1) is 47.2 Å². The molecule has 2 fully saturated rings. The molecule has 0 bridgehead atoms. The van der Waals surface area contributed by atoms with Crippen LogP contribution >= 0.6 is 0 Å². The second kappa shape index (κ2) is 11.5. The summed E-state index contributed by atoms with van der Waals surface area (Å²) in [6, 6.07) is 3.94. The number of rotatable bonds is 7. The molecule has 3 aromatic heterocycles. The number of nitriles is 1. The maximum absolute atomic E-state index is 12.9. The number of fused-ring (bicyclic) bond motifs is 2. The zero-order valence-electron chi connectivity index (χ0n) is 27.1. The van der Waals surface area contributed by atoms with E-state index in [0.29, 0.717) is 47.0 Å². The molecule has 0 aromatic carbocycles. The Balaban J connectivity index is 1.28. The van der Waals surface area contributed by atoms with Gasteiger partial charge >= 0.3 is 12.2 Å². The molecular formula is C32H41N7O6. The molecular weight excluding hydrogens is 578 g/mol. The first-order valence-electron chi connectivity index (χ1n) is 15.0. The Labute approximate surface area is 262 Å². The van der Waals surface area contributed by atoms with E-state index in [1.807, 2.05) is 0 Å². The number of hydrogen-bond acceptors (Lipinski definition) is 11. The number of pyridine rings is 1. The average molecular weight is 620 g/mol. The molecule has 5 rings (SSSR count). The number of piperidine rings is 1. The van der Waals surface area contributed by atoms with Crippen LogP contribution in [-0.4, -0.2) is 84.8 Å². The molecule has 2 aliphatic rings. The van der Waals surface area contributed by atoms with E-state index >= 15 is 0 Å². The maximum atomic E-state index is 12.9. The van der Waals surface area contributed by atoms with E-state index in [4.69, 9.17) is 14.2 Å². The minimum absolute atomic E-state index is 0.0700. The highest BCUT2D eigenvalue weighted by Gasteiger charge is 2.57. The number of ether oxygens (including phenoxy) is 3. The van der Waals surface area contributed by atoms with Crippen LogP contribution in [0.2, 0.25) is 0 Å². The van der Waals surface area contributed by atoms with E-state index < -0.39 is 29.0 Å². The summed E-state index contributed by atoms with van der Waals surface area (Å²) in [5, 5.41) is 24.1. The van der Waals surface area contributed by atoms with E-state index in [-0.39, 0.29) is 30.9 Å². The number of amides is 2. The van der Waals surface area contributed by atoms with Crippen LogP contribution in [0.5, 0.6) is 5.75 Å². The minimum Gasteiger partial charge on any atom is -0.489 e. The topological polar surface area (TPSA) is 155 Å². The number of hydrogen-bond donors (Lipinski definition) is 1. The first-order valence-corrected chi connectivity index (χ1v) is 15.0. The first-order chi connectivity index (χ1) is 20.9. The second-order valence-electron chi connectivity index (χ2n) is 14.4. The van der Waals surface area contributed by atoms with Gasteiger partial charge in [-0.25, -0.2) is 24.0 Å². The van der Waals surface area contributed by atoms with E-state index in [9.17, 15) is 20.0 Å². The Kier molecular flexibility index (Phi) is 8.16. The van der Waals surface area contributed by atoms with Crippen molar-refractivity contribution in [3.63, 3.8) is 0 Å². The number of aromatic nitrogens is 4. The fourth-order valence-electron chi connectivity index (χ4n) is 5.51. The molecule has 1 aliphatic carbocycles. The van der Waals surface area contributed by atoms with Gasteiger partial charge in [0, 0.05) is 25.2 Å². The lowest BCUT2D eigenvalue weighted by Crippen LogP contribution is -2.45. The Morgan fingerprint density at radius 3 is 2.13 bits per heavy atom. The summed E-state index contributed by atoms with van der Waals surface area (Å²) in [4.78, 5) is 38.5. The van der Waals surface area contributed by atoms with Gasteiger partial charge in [0.1, 0.15) is 35.4 Å². The van der Waals surface area contributed by atoms with Crippen molar-refractivity contribution in [2.24, 2.45) is 17.8 Å². The minimum atomic E-state index is -1.03. The van der Waals surface area contributed by atoms with Crippen LogP contribution in [0, 0.1) is 29.1 Å². The fourth-order valence-corrected chi connectivity index (χ4v) is 5.51. The van der Waals surface area contributed by atoms with Crippen molar-refractivity contribution in [2.45, 2.75) is 72.2 Å². The first kappa shape index (κ1) is 32.0. The predicted octanol–water partition coefficient (Wildman–Crippen LogP) is 4.67. The fraction of sp³-hybridized carbons (Fsp3) is 0.562. The molecule has 1 unspecified atom stereocenters. The van der Waals surface area contributed by atoms with Gasteiger partial charge < -0.3 is 24.2 Å². The van der Waals surface area contributed by atoms with Crippen molar-refractivity contribution in [3.05, 3.63) is 36.4 Å². The Bertz CT molecular complexity index is 1590. The Hall–Kier alpha value is -4.44. The summed E-state index contributed by atoms with van der Waals surface area (Å²) in [6.07, 6.45) is 5.09. The van der Waals surface area contributed by atoms with Gasteiger partial charge in [0.25, 0.3) is 0 Å². The van der Waals surface area contributed by atoms with E-state index in [2.05, 4.69) is 26.0 Å². The van der Waals surface area contributed by atoms with Crippen molar-refractivity contribution in [1.82, 2.24) is 24.5 Å². The summed E-state index contributed by atoms with van der Waals surface area (Å²) < 4.78 is 18.4. The van der Waals surface area contributed by atoms with Crippen LogP contribution in [0.25, 0.3) is 16.8 Å². The molecule has 0 spiro atoms. The van der Waals surface area contributed by atoms with Crippen LogP contribution in [-0.2, 0) is 9.47 Å². The van der Waals surface area contributed by atoms with E-state index in [1.165, 1.54) is 6.20 Å². The molecule has 13 nitrogen and oxygen atoms in total. The van der Waals surface area contributed by atoms with Crippen molar-refractivity contribution in [1.29, 1.82) is 5.26 Å². The molecule has 3 aromatic rings. The zero-order chi connectivity index (χ0) is 32.9. The third kappa shape index (κ3) is 7.45. The van der Waals surface area contributed by atoms with Crippen molar-refractivity contribution in [2.75, 3.05) is 31.1 Å². The lowest BCUT2D eigenvalue weighted by molar-refractivity contribution is 0.0000555. The normalized spacial score (nSPS) is 19.6. The van der Waals surface area contributed by atoms with Crippen LogP contribution in [0.1, 0.15) is 61.0 Å². The average Bonchev–Trinajstić information content (AvgIpc) is 3.24.